The number of hydrogen-bond acceptors (Lipinski definition) is 4. The van der Waals surface area contributed by atoms with Gasteiger partial charge in [-0.1, -0.05) is 0 Å². The first-order valence-electron chi connectivity index (χ1n) is 7.82. The summed E-state index contributed by atoms with van der Waals surface area (Å²) in [6, 6.07) is 5.54. The maximum Gasteiger partial charge on any atom is 0.307 e. The van der Waals surface area contributed by atoms with Crippen molar-refractivity contribution in [1.82, 2.24) is 4.90 Å². The van der Waals surface area contributed by atoms with E-state index >= 15 is 0 Å². The molecule has 1 heterocycles. The third-order valence-corrected chi connectivity index (χ3v) is 4.76. The number of ether oxygens (including phenoxy) is 2. The van der Waals surface area contributed by atoms with Crippen LogP contribution in [0.4, 0.5) is 0 Å². The van der Waals surface area contributed by atoms with Gasteiger partial charge in [0.05, 0.1) is 32.1 Å². The Morgan fingerprint density at radius 1 is 1.22 bits per heavy atom. The van der Waals surface area contributed by atoms with E-state index in [0.717, 1.165) is 18.4 Å². The van der Waals surface area contributed by atoms with Gasteiger partial charge in [0.25, 0.3) is 0 Å². The van der Waals surface area contributed by atoms with Crippen LogP contribution >= 0.6 is 0 Å². The summed E-state index contributed by atoms with van der Waals surface area (Å²) in [6.45, 7) is 0.668. The summed E-state index contributed by atoms with van der Waals surface area (Å²) in [6.07, 6.45) is 2.23. The average Bonchev–Trinajstić information content (AvgIpc) is 3.23. The zero-order valence-corrected chi connectivity index (χ0v) is 13.3. The Balaban J connectivity index is 1.82. The van der Waals surface area contributed by atoms with E-state index in [0.29, 0.717) is 24.5 Å². The molecule has 6 nitrogen and oxygen atoms in total. The molecule has 1 amide bonds. The molecule has 23 heavy (non-hydrogen) atoms. The van der Waals surface area contributed by atoms with Gasteiger partial charge in [0.15, 0.2) is 0 Å². The Kier molecular flexibility index (Phi) is 4.15. The molecule has 3 unspecified atom stereocenters. The number of methoxy groups -OCH3 is 2. The maximum atomic E-state index is 12.6. The predicted octanol–water partition coefficient (Wildman–Crippen LogP) is 2.09. The fourth-order valence-corrected chi connectivity index (χ4v) is 3.40. The van der Waals surface area contributed by atoms with Crippen LogP contribution in [0.25, 0.3) is 0 Å². The molecule has 3 atom stereocenters. The highest BCUT2D eigenvalue weighted by Crippen LogP contribution is 2.45. The smallest absolute Gasteiger partial charge is 0.307 e. The molecule has 2 aliphatic rings. The van der Waals surface area contributed by atoms with Crippen LogP contribution in [0.2, 0.25) is 0 Å². The Hall–Kier alpha value is -2.24. The van der Waals surface area contributed by atoms with Crippen molar-refractivity contribution in [2.45, 2.75) is 25.3 Å². The van der Waals surface area contributed by atoms with Gasteiger partial charge in [-0.2, -0.15) is 0 Å². The van der Waals surface area contributed by atoms with Crippen LogP contribution in [0.1, 0.15) is 30.9 Å². The second kappa shape index (κ2) is 6.10. The zero-order chi connectivity index (χ0) is 16.6. The summed E-state index contributed by atoms with van der Waals surface area (Å²) in [5.74, 6) is -0.396. The molecule has 3 rings (SSSR count). The number of carboxylic acids is 1. The van der Waals surface area contributed by atoms with Crippen LogP contribution in [-0.2, 0) is 9.59 Å². The molecule has 1 aromatic rings. The molecule has 0 bridgehead atoms. The highest BCUT2D eigenvalue weighted by atomic mass is 16.5. The van der Waals surface area contributed by atoms with Gasteiger partial charge in [-0.05, 0) is 31.4 Å². The van der Waals surface area contributed by atoms with Gasteiger partial charge in [0.1, 0.15) is 11.5 Å². The summed E-state index contributed by atoms with van der Waals surface area (Å²) in [7, 11) is 3.19. The molecule has 0 aromatic heterocycles. The summed E-state index contributed by atoms with van der Waals surface area (Å²) in [4.78, 5) is 25.5. The molecule has 0 spiro atoms. The first kappa shape index (κ1) is 15.6. The number of likely N-dealkylation sites (tertiary alicyclic amines) is 1. The van der Waals surface area contributed by atoms with Crippen LogP contribution < -0.4 is 9.47 Å². The molecule has 1 aromatic carbocycles. The maximum absolute atomic E-state index is 12.6. The predicted molar refractivity (Wildman–Crippen MR) is 82.5 cm³/mol. The largest absolute Gasteiger partial charge is 0.497 e. The monoisotopic (exact) mass is 319 g/mol. The van der Waals surface area contributed by atoms with Crippen LogP contribution in [0, 0.1) is 11.8 Å². The Bertz CT molecular complexity index is 629. The van der Waals surface area contributed by atoms with E-state index in [9.17, 15) is 9.59 Å². The standard InChI is InChI=1S/C17H21NO5/c1-22-10-5-6-11(15(8-10)23-2)14-4-3-7-18(14)16(19)12-9-13(12)17(20)21/h5-6,8,12-14H,3-4,7,9H2,1-2H3,(H,20,21). The summed E-state index contributed by atoms with van der Waals surface area (Å²) in [5.41, 5.74) is 0.951. The number of hydrogen-bond donors (Lipinski definition) is 1. The lowest BCUT2D eigenvalue weighted by Gasteiger charge is -2.26. The molecular formula is C17H21NO5. The van der Waals surface area contributed by atoms with Gasteiger partial charge in [-0.3, -0.25) is 9.59 Å². The minimum absolute atomic E-state index is 0.0437. The molecule has 124 valence electrons. The lowest BCUT2D eigenvalue weighted by atomic mass is 10.0. The normalized spacial score (nSPS) is 26.0. The van der Waals surface area contributed by atoms with Crippen molar-refractivity contribution >= 4 is 11.9 Å². The number of carboxylic acid groups (broad SMARTS) is 1. The van der Waals surface area contributed by atoms with E-state index in [1.54, 1.807) is 14.2 Å². The third kappa shape index (κ3) is 2.85. The molecular weight excluding hydrogens is 298 g/mol. The van der Waals surface area contributed by atoms with E-state index in [1.165, 1.54) is 0 Å². The van der Waals surface area contributed by atoms with Crippen molar-refractivity contribution in [3.8, 4) is 11.5 Å². The van der Waals surface area contributed by atoms with Crippen molar-refractivity contribution in [3.05, 3.63) is 23.8 Å². The van der Waals surface area contributed by atoms with Crippen molar-refractivity contribution in [1.29, 1.82) is 0 Å². The van der Waals surface area contributed by atoms with E-state index < -0.39 is 11.9 Å². The Labute approximate surface area is 135 Å². The van der Waals surface area contributed by atoms with E-state index in [4.69, 9.17) is 14.6 Å². The van der Waals surface area contributed by atoms with Crippen LogP contribution in [0.5, 0.6) is 11.5 Å². The average molecular weight is 319 g/mol. The molecule has 1 saturated heterocycles. The number of aliphatic carboxylic acids is 1. The number of nitrogens with zero attached hydrogens (tertiary/aromatic N) is 1. The number of rotatable bonds is 5. The summed E-state index contributed by atoms with van der Waals surface area (Å²) in [5, 5.41) is 9.03. The molecule has 1 N–H and O–H groups in total. The summed E-state index contributed by atoms with van der Waals surface area (Å²) >= 11 is 0. The topological polar surface area (TPSA) is 76.1 Å². The highest BCUT2D eigenvalue weighted by molar-refractivity contribution is 5.90. The van der Waals surface area contributed by atoms with Crippen molar-refractivity contribution < 1.29 is 24.2 Å². The first-order chi connectivity index (χ1) is 11.1. The number of carbonyl (C=O) groups excluding carboxylic acids is 1. The van der Waals surface area contributed by atoms with E-state index in [2.05, 4.69) is 0 Å². The van der Waals surface area contributed by atoms with Gasteiger partial charge >= 0.3 is 5.97 Å². The minimum atomic E-state index is -0.874. The van der Waals surface area contributed by atoms with Gasteiger partial charge in [-0.15, -0.1) is 0 Å². The Morgan fingerprint density at radius 3 is 2.61 bits per heavy atom. The SMILES string of the molecule is COc1ccc(C2CCCN2C(=O)C2CC2C(=O)O)c(OC)c1. The van der Waals surface area contributed by atoms with Gasteiger partial charge in [0.2, 0.25) is 5.91 Å². The first-order valence-corrected chi connectivity index (χ1v) is 7.82. The van der Waals surface area contributed by atoms with Gasteiger partial charge in [0, 0.05) is 18.2 Å². The number of amides is 1. The van der Waals surface area contributed by atoms with Crippen LogP contribution in [0.3, 0.4) is 0 Å². The van der Waals surface area contributed by atoms with Crippen LogP contribution in [-0.4, -0.2) is 42.6 Å². The van der Waals surface area contributed by atoms with Crippen molar-refractivity contribution in [3.63, 3.8) is 0 Å². The van der Waals surface area contributed by atoms with Crippen molar-refractivity contribution in [2.24, 2.45) is 11.8 Å². The lowest BCUT2D eigenvalue weighted by molar-refractivity contribution is -0.142. The third-order valence-electron chi connectivity index (χ3n) is 4.76. The molecule has 1 saturated carbocycles. The van der Waals surface area contributed by atoms with Gasteiger partial charge in [-0.25, -0.2) is 0 Å². The molecule has 6 heteroatoms. The molecule has 1 aliphatic heterocycles. The minimum Gasteiger partial charge on any atom is -0.497 e. The van der Waals surface area contributed by atoms with Gasteiger partial charge < -0.3 is 19.5 Å². The van der Waals surface area contributed by atoms with E-state index in [-0.39, 0.29) is 17.9 Å². The molecule has 2 fully saturated rings. The fraction of sp³-hybridized carbons (Fsp3) is 0.529. The second-order valence-corrected chi connectivity index (χ2v) is 6.08. The second-order valence-electron chi connectivity index (χ2n) is 6.08. The molecule has 1 aliphatic carbocycles. The summed E-state index contributed by atoms with van der Waals surface area (Å²) < 4.78 is 10.7. The number of carbonyl (C=O) groups is 2. The number of benzene rings is 1. The van der Waals surface area contributed by atoms with E-state index in [1.807, 2.05) is 23.1 Å². The lowest BCUT2D eigenvalue weighted by Crippen LogP contribution is -2.32. The highest BCUT2D eigenvalue weighted by Gasteiger charge is 2.51. The molecule has 0 radical (unpaired) electrons. The zero-order valence-electron chi connectivity index (χ0n) is 13.3. The fourth-order valence-electron chi connectivity index (χ4n) is 3.40. The van der Waals surface area contributed by atoms with Crippen molar-refractivity contribution in [2.75, 3.05) is 20.8 Å². The quantitative estimate of drug-likeness (QED) is 0.899. The van der Waals surface area contributed by atoms with Crippen LogP contribution in [0.15, 0.2) is 18.2 Å². The Morgan fingerprint density at radius 2 is 2.00 bits per heavy atom.